The number of carbonyl (C=O) groups excluding carboxylic acids is 2. The molecule has 3 aliphatic rings. The van der Waals surface area contributed by atoms with Gasteiger partial charge in [-0.2, -0.15) is 8.78 Å². The Morgan fingerprint density at radius 3 is 2.38 bits per heavy atom. The largest absolute Gasteiger partial charge is 0.508 e. The molecule has 0 saturated heterocycles. The van der Waals surface area contributed by atoms with Crippen molar-refractivity contribution in [2.45, 2.75) is 51.4 Å². The number of carbonyl (C=O) groups is 2. The molecule has 2 bridgehead atoms. The third kappa shape index (κ3) is 4.20. The average Bonchev–Trinajstić information content (AvgIpc) is 2.68. The van der Waals surface area contributed by atoms with Gasteiger partial charge in [0.1, 0.15) is 17.3 Å². The van der Waals surface area contributed by atoms with Gasteiger partial charge in [0, 0.05) is 29.4 Å². The van der Waals surface area contributed by atoms with E-state index in [1.807, 2.05) is 13.8 Å². The van der Waals surface area contributed by atoms with Gasteiger partial charge in [-0.15, -0.1) is 10.1 Å². The van der Waals surface area contributed by atoms with Crippen molar-refractivity contribution >= 4 is 11.8 Å². The second-order valence-corrected chi connectivity index (χ2v) is 8.90. The SMILES string of the molecule is CC1(C)[C@@H]2C[C@H]1[C@@H](c1c(O)cc(C(F)(F)C(=O)OCCCCO[N+](=O)[O-])cc1O)CC2=O. The van der Waals surface area contributed by atoms with Crippen molar-refractivity contribution in [2.75, 3.05) is 13.2 Å². The predicted molar refractivity (Wildman–Crippen MR) is 105 cm³/mol. The molecule has 3 saturated carbocycles. The second kappa shape index (κ2) is 8.51. The first-order valence-electron chi connectivity index (χ1n) is 10.3. The van der Waals surface area contributed by atoms with Crippen molar-refractivity contribution in [3.63, 3.8) is 0 Å². The summed E-state index contributed by atoms with van der Waals surface area (Å²) in [4.78, 5) is 38.3. The minimum Gasteiger partial charge on any atom is -0.508 e. The van der Waals surface area contributed by atoms with Crippen molar-refractivity contribution in [1.82, 2.24) is 0 Å². The van der Waals surface area contributed by atoms with Gasteiger partial charge < -0.3 is 19.8 Å². The Hall–Kier alpha value is -2.98. The number of esters is 1. The van der Waals surface area contributed by atoms with Crippen LogP contribution in [0.15, 0.2) is 12.1 Å². The third-order valence-electron chi connectivity index (χ3n) is 6.73. The number of phenolic OH excluding ortho intramolecular Hbond substituents is 2. The summed E-state index contributed by atoms with van der Waals surface area (Å²) in [5.74, 6) is -7.79. The molecule has 11 heteroatoms. The van der Waals surface area contributed by atoms with Crippen molar-refractivity contribution in [1.29, 1.82) is 0 Å². The number of fused-ring (bicyclic) bond motifs is 2. The van der Waals surface area contributed by atoms with Gasteiger partial charge in [-0.05, 0) is 42.7 Å². The van der Waals surface area contributed by atoms with Crippen LogP contribution in [-0.2, 0) is 25.1 Å². The molecule has 9 nitrogen and oxygen atoms in total. The maximum atomic E-state index is 14.6. The fraction of sp³-hybridized carbons (Fsp3) is 0.619. The summed E-state index contributed by atoms with van der Waals surface area (Å²) < 4.78 is 33.7. The van der Waals surface area contributed by atoms with Gasteiger partial charge in [0.25, 0.3) is 5.09 Å². The van der Waals surface area contributed by atoms with E-state index in [9.17, 15) is 38.7 Å². The van der Waals surface area contributed by atoms with Gasteiger partial charge in [-0.3, -0.25) is 4.79 Å². The van der Waals surface area contributed by atoms with Gasteiger partial charge in [0.05, 0.1) is 13.2 Å². The molecule has 3 fully saturated rings. The standard InChI is InChI=1S/C21H25F2NO8/c1-20(2)13-10-14(20)15(25)9-12(13)18-16(26)7-11(8-17(18)27)21(22,23)19(28)31-5-3-4-6-32-24(29)30/h7-8,12-14,26-27H,3-6,9-10H2,1-2H3/t12-,13-,14+/m0/s1. The van der Waals surface area contributed by atoms with Crippen LogP contribution in [0, 0.1) is 27.4 Å². The van der Waals surface area contributed by atoms with Crippen LogP contribution in [0.3, 0.4) is 0 Å². The van der Waals surface area contributed by atoms with Crippen LogP contribution >= 0.6 is 0 Å². The molecule has 0 heterocycles. The molecule has 0 unspecified atom stereocenters. The zero-order valence-electron chi connectivity index (χ0n) is 17.7. The number of hydrogen-bond acceptors (Lipinski definition) is 8. The lowest BCUT2D eigenvalue weighted by atomic mass is 9.44. The minimum atomic E-state index is -4.14. The Kier molecular flexibility index (Phi) is 6.30. The van der Waals surface area contributed by atoms with Crippen LogP contribution < -0.4 is 0 Å². The van der Waals surface area contributed by atoms with Crippen LogP contribution in [0.5, 0.6) is 11.5 Å². The summed E-state index contributed by atoms with van der Waals surface area (Å²) in [7, 11) is 0. The summed E-state index contributed by atoms with van der Waals surface area (Å²) >= 11 is 0. The fourth-order valence-electron chi connectivity index (χ4n) is 4.89. The van der Waals surface area contributed by atoms with E-state index >= 15 is 0 Å². The fourth-order valence-corrected chi connectivity index (χ4v) is 4.89. The predicted octanol–water partition coefficient (Wildman–Crippen LogP) is 3.44. The van der Waals surface area contributed by atoms with E-state index in [1.165, 1.54) is 0 Å². The number of hydrogen-bond donors (Lipinski definition) is 2. The highest BCUT2D eigenvalue weighted by Gasteiger charge is 2.59. The van der Waals surface area contributed by atoms with E-state index in [4.69, 9.17) is 0 Å². The topological polar surface area (TPSA) is 136 Å². The zero-order valence-corrected chi connectivity index (χ0v) is 17.7. The molecule has 0 spiro atoms. The quantitative estimate of drug-likeness (QED) is 0.249. The number of phenols is 2. The number of ether oxygens (including phenoxy) is 1. The lowest BCUT2D eigenvalue weighted by molar-refractivity contribution is -0.757. The normalized spacial score (nSPS) is 23.9. The van der Waals surface area contributed by atoms with Crippen LogP contribution in [0.1, 0.15) is 56.6 Å². The number of alkyl halides is 2. The molecule has 0 aliphatic heterocycles. The summed E-state index contributed by atoms with van der Waals surface area (Å²) in [5, 5.41) is 29.9. The highest BCUT2D eigenvalue weighted by atomic mass is 19.3. The van der Waals surface area contributed by atoms with Gasteiger partial charge in [-0.1, -0.05) is 13.8 Å². The lowest BCUT2D eigenvalue weighted by Gasteiger charge is -2.59. The molecule has 3 aliphatic carbocycles. The average molecular weight is 457 g/mol. The van der Waals surface area contributed by atoms with Crippen molar-refractivity contribution in [2.24, 2.45) is 17.3 Å². The lowest BCUT2D eigenvalue weighted by Crippen LogP contribution is -2.56. The van der Waals surface area contributed by atoms with Gasteiger partial charge in [0.15, 0.2) is 0 Å². The van der Waals surface area contributed by atoms with Crippen LogP contribution in [0.25, 0.3) is 0 Å². The molecule has 3 atom stereocenters. The summed E-state index contributed by atoms with van der Waals surface area (Å²) in [6.07, 6.45) is 0.914. The molecule has 2 N–H and O–H groups in total. The number of halogens is 2. The van der Waals surface area contributed by atoms with Crippen molar-refractivity contribution in [3.8, 4) is 11.5 Å². The first-order valence-corrected chi connectivity index (χ1v) is 10.3. The second-order valence-electron chi connectivity index (χ2n) is 8.90. The monoisotopic (exact) mass is 457 g/mol. The number of unbranched alkanes of at least 4 members (excludes halogenated alkanes) is 1. The molecule has 4 rings (SSSR count). The Morgan fingerprint density at radius 1 is 1.25 bits per heavy atom. The Labute approximate surface area is 182 Å². The highest BCUT2D eigenvalue weighted by Crippen LogP contribution is 2.64. The van der Waals surface area contributed by atoms with E-state index in [1.54, 1.807) is 0 Å². The third-order valence-corrected chi connectivity index (χ3v) is 6.73. The molecule has 0 amide bonds. The molecular weight excluding hydrogens is 432 g/mol. The molecule has 0 aromatic heterocycles. The highest BCUT2D eigenvalue weighted by molar-refractivity contribution is 5.86. The Balaban J connectivity index is 1.70. The van der Waals surface area contributed by atoms with Crippen LogP contribution in [0.4, 0.5) is 8.78 Å². The van der Waals surface area contributed by atoms with Crippen LogP contribution in [-0.4, -0.2) is 40.3 Å². The molecule has 176 valence electrons. The minimum absolute atomic E-state index is 0.0117. The van der Waals surface area contributed by atoms with Crippen molar-refractivity contribution in [3.05, 3.63) is 33.4 Å². The molecule has 32 heavy (non-hydrogen) atoms. The van der Waals surface area contributed by atoms with E-state index in [0.29, 0.717) is 18.6 Å². The van der Waals surface area contributed by atoms with E-state index in [0.717, 1.165) is 0 Å². The Morgan fingerprint density at radius 2 is 1.84 bits per heavy atom. The number of nitrogens with zero attached hydrogens (tertiary/aromatic N) is 1. The molecule has 0 radical (unpaired) electrons. The van der Waals surface area contributed by atoms with Crippen molar-refractivity contribution < 1.29 is 43.2 Å². The number of rotatable bonds is 9. The maximum absolute atomic E-state index is 14.6. The van der Waals surface area contributed by atoms with E-state index < -0.39 is 46.6 Å². The molecule has 1 aromatic rings. The maximum Gasteiger partial charge on any atom is 0.381 e. The summed E-state index contributed by atoms with van der Waals surface area (Å²) in [6.45, 7) is 3.21. The Bertz CT molecular complexity index is 909. The number of benzene rings is 1. The van der Waals surface area contributed by atoms with Gasteiger partial charge >= 0.3 is 11.9 Å². The van der Waals surface area contributed by atoms with E-state index in [2.05, 4.69) is 9.57 Å². The molecular formula is C21H25F2NO8. The number of ketones is 1. The smallest absolute Gasteiger partial charge is 0.381 e. The molecule has 1 aromatic carbocycles. The van der Waals surface area contributed by atoms with Crippen LogP contribution in [0.2, 0.25) is 0 Å². The first kappa shape index (κ1) is 23.7. The summed E-state index contributed by atoms with van der Waals surface area (Å²) in [5.41, 5.74) is -1.21. The summed E-state index contributed by atoms with van der Waals surface area (Å²) in [6, 6.07) is 1.42. The van der Waals surface area contributed by atoms with E-state index in [-0.39, 0.29) is 54.5 Å². The van der Waals surface area contributed by atoms with Gasteiger partial charge in [-0.25, -0.2) is 4.79 Å². The zero-order chi connectivity index (χ0) is 23.8. The number of Topliss-reactive ketones (excluding diaryl/α,β-unsaturated/α-hetero) is 1. The number of aromatic hydroxyl groups is 2. The first-order chi connectivity index (χ1) is 14.9. The van der Waals surface area contributed by atoms with Gasteiger partial charge in [0.2, 0.25) is 0 Å².